The number of carbonyl (C=O) groups is 2. The molecule has 1 N–H and O–H groups in total. The van der Waals surface area contributed by atoms with E-state index in [2.05, 4.69) is 10.3 Å². The van der Waals surface area contributed by atoms with Crippen molar-refractivity contribution >= 4 is 38.2 Å². The van der Waals surface area contributed by atoms with Crippen molar-refractivity contribution in [3.63, 3.8) is 0 Å². The van der Waals surface area contributed by atoms with Gasteiger partial charge in [0.2, 0.25) is 15.9 Å². The van der Waals surface area contributed by atoms with Gasteiger partial charge >= 0.3 is 0 Å². The van der Waals surface area contributed by atoms with Crippen molar-refractivity contribution < 1.29 is 22.4 Å². The lowest BCUT2D eigenvalue weighted by atomic mass is 9.78. The molecule has 2 aromatic rings. The molecule has 1 aromatic heterocycles. The quantitative estimate of drug-likeness (QED) is 0.770. The van der Waals surface area contributed by atoms with Gasteiger partial charge in [-0.05, 0) is 48.9 Å². The number of ketones is 1. The molecule has 30 heavy (non-hydrogen) atoms. The van der Waals surface area contributed by atoms with E-state index < -0.39 is 27.8 Å². The molecule has 0 unspecified atom stereocenters. The summed E-state index contributed by atoms with van der Waals surface area (Å²) in [5.74, 6) is -0.994. The van der Waals surface area contributed by atoms with E-state index in [0.717, 1.165) is 27.8 Å². The van der Waals surface area contributed by atoms with Crippen LogP contribution in [0.2, 0.25) is 0 Å². The van der Waals surface area contributed by atoms with Gasteiger partial charge in [-0.15, -0.1) is 0 Å². The van der Waals surface area contributed by atoms with Crippen molar-refractivity contribution in [3.8, 4) is 0 Å². The SMILES string of the molecule is CC1(C)CC(=O)c2sc(NC(=O)[C@@H]3CCCN3S(=O)(=O)c3ccc(F)cc3)nc2C1. The molecule has 0 bridgehead atoms. The van der Waals surface area contributed by atoms with E-state index >= 15 is 0 Å². The third-order valence-corrected chi connectivity index (χ3v) is 8.37. The van der Waals surface area contributed by atoms with E-state index in [-0.39, 0.29) is 22.6 Å². The zero-order valence-corrected chi connectivity index (χ0v) is 18.3. The highest BCUT2D eigenvalue weighted by molar-refractivity contribution is 7.89. The first-order valence-electron chi connectivity index (χ1n) is 9.68. The van der Waals surface area contributed by atoms with Gasteiger partial charge in [0.1, 0.15) is 11.9 Å². The van der Waals surface area contributed by atoms with Gasteiger partial charge in [-0.1, -0.05) is 25.2 Å². The number of carbonyl (C=O) groups excluding carboxylic acids is 2. The molecule has 0 radical (unpaired) electrons. The minimum Gasteiger partial charge on any atom is -0.301 e. The average molecular weight is 452 g/mol. The molecular weight excluding hydrogens is 429 g/mol. The lowest BCUT2D eigenvalue weighted by Crippen LogP contribution is -2.43. The van der Waals surface area contributed by atoms with Gasteiger partial charge in [-0.25, -0.2) is 17.8 Å². The number of thiazole rings is 1. The van der Waals surface area contributed by atoms with Crippen molar-refractivity contribution in [2.24, 2.45) is 5.41 Å². The first kappa shape index (κ1) is 21.1. The summed E-state index contributed by atoms with van der Waals surface area (Å²) in [6.45, 7) is 4.21. The number of benzene rings is 1. The number of halogens is 1. The van der Waals surface area contributed by atoms with Crippen molar-refractivity contribution in [3.05, 3.63) is 40.7 Å². The third-order valence-electron chi connectivity index (χ3n) is 5.39. The van der Waals surface area contributed by atoms with Gasteiger partial charge in [0.15, 0.2) is 10.9 Å². The summed E-state index contributed by atoms with van der Waals surface area (Å²) in [4.78, 5) is 30.2. The second-order valence-electron chi connectivity index (χ2n) is 8.45. The summed E-state index contributed by atoms with van der Waals surface area (Å²) in [5.41, 5.74) is 0.504. The van der Waals surface area contributed by atoms with Crippen LogP contribution in [0.1, 0.15) is 48.5 Å². The van der Waals surface area contributed by atoms with E-state index in [1.54, 1.807) is 0 Å². The molecule has 160 valence electrons. The zero-order chi connectivity index (χ0) is 21.7. The molecule has 1 aliphatic heterocycles. The van der Waals surface area contributed by atoms with Crippen LogP contribution in [-0.2, 0) is 21.2 Å². The van der Waals surface area contributed by atoms with Crippen LogP contribution in [0.5, 0.6) is 0 Å². The van der Waals surface area contributed by atoms with Crippen LogP contribution in [0, 0.1) is 11.2 Å². The molecule has 2 heterocycles. The van der Waals surface area contributed by atoms with Crippen LogP contribution in [0.25, 0.3) is 0 Å². The number of nitrogens with zero attached hydrogens (tertiary/aromatic N) is 2. The molecule has 1 atom stereocenters. The third kappa shape index (κ3) is 3.91. The number of hydrogen-bond donors (Lipinski definition) is 1. The predicted octanol–water partition coefficient (Wildman–Crippen LogP) is 3.23. The van der Waals surface area contributed by atoms with Crippen molar-refractivity contribution in [1.82, 2.24) is 9.29 Å². The standard InChI is InChI=1S/C20H22FN3O4S2/c1-20(2)10-14-17(16(25)11-20)29-19(22-14)23-18(26)15-4-3-9-24(15)30(27,28)13-7-5-12(21)6-8-13/h5-8,15H,3-4,9-11H2,1-2H3,(H,22,23,26)/t15-/m0/s1. The number of anilines is 1. The molecule has 0 saturated carbocycles. The zero-order valence-electron chi connectivity index (χ0n) is 16.6. The van der Waals surface area contributed by atoms with Crippen LogP contribution >= 0.6 is 11.3 Å². The second kappa shape index (κ2) is 7.51. The highest BCUT2D eigenvalue weighted by Gasteiger charge is 2.40. The number of sulfonamides is 1. The monoisotopic (exact) mass is 451 g/mol. The highest BCUT2D eigenvalue weighted by atomic mass is 32.2. The second-order valence-corrected chi connectivity index (χ2v) is 11.3. The Morgan fingerprint density at radius 3 is 2.67 bits per heavy atom. The van der Waals surface area contributed by atoms with Crippen LogP contribution in [0.4, 0.5) is 9.52 Å². The molecule has 4 rings (SSSR count). The number of amides is 1. The molecule has 1 aromatic carbocycles. The van der Waals surface area contributed by atoms with Crippen LogP contribution < -0.4 is 5.32 Å². The maximum atomic E-state index is 13.2. The first-order chi connectivity index (χ1) is 14.1. The Hall–Kier alpha value is -2.17. The number of rotatable bonds is 4. The minimum atomic E-state index is -3.93. The number of hydrogen-bond acceptors (Lipinski definition) is 6. The van der Waals surface area contributed by atoms with Gasteiger partial charge in [0.25, 0.3) is 0 Å². The maximum absolute atomic E-state index is 13.2. The molecule has 1 fully saturated rings. The van der Waals surface area contributed by atoms with E-state index in [9.17, 15) is 22.4 Å². The molecule has 10 heteroatoms. The Morgan fingerprint density at radius 2 is 1.97 bits per heavy atom. The van der Waals surface area contributed by atoms with Crippen LogP contribution in [-0.4, -0.2) is 42.0 Å². The number of aromatic nitrogens is 1. The molecule has 0 spiro atoms. The summed E-state index contributed by atoms with van der Waals surface area (Å²) >= 11 is 1.14. The highest BCUT2D eigenvalue weighted by Crippen LogP contribution is 2.38. The Kier molecular flexibility index (Phi) is 5.27. The Morgan fingerprint density at radius 1 is 1.27 bits per heavy atom. The van der Waals surface area contributed by atoms with E-state index in [1.165, 1.54) is 12.1 Å². The fourth-order valence-electron chi connectivity index (χ4n) is 3.99. The Balaban J connectivity index is 1.54. The van der Waals surface area contributed by atoms with Gasteiger partial charge in [0.05, 0.1) is 15.5 Å². The Labute approximate surface area is 178 Å². The summed E-state index contributed by atoms with van der Waals surface area (Å²) in [6, 6.07) is 3.67. The summed E-state index contributed by atoms with van der Waals surface area (Å²) in [6.07, 6.45) is 2.00. The van der Waals surface area contributed by atoms with Crippen LogP contribution in [0.3, 0.4) is 0 Å². The van der Waals surface area contributed by atoms with E-state index in [4.69, 9.17) is 0 Å². The van der Waals surface area contributed by atoms with Crippen molar-refractivity contribution in [2.45, 2.75) is 50.5 Å². The van der Waals surface area contributed by atoms with E-state index in [1.807, 2.05) is 13.8 Å². The topological polar surface area (TPSA) is 96.4 Å². The molecular formula is C20H22FN3O4S2. The smallest absolute Gasteiger partial charge is 0.244 e. The van der Waals surface area contributed by atoms with E-state index in [0.29, 0.717) is 41.4 Å². The average Bonchev–Trinajstić information content (AvgIpc) is 3.28. The van der Waals surface area contributed by atoms with Gasteiger partial charge in [-0.2, -0.15) is 4.31 Å². The first-order valence-corrected chi connectivity index (χ1v) is 11.9. The normalized spacial score (nSPS) is 21.4. The molecule has 7 nitrogen and oxygen atoms in total. The van der Waals surface area contributed by atoms with Crippen molar-refractivity contribution in [2.75, 3.05) is 11.9 Å². The Bertz CT molecular complexity index is 1110. The number of Topliss-reactive ketones (excluding diaryl/α,β-unsaturated/α-hetero) is 1. The molecule has 2 aliphatic rings. The molecule has 1 saturated heterocycles. The lowest BCUT2D eigenvalue weighted by Gasteiger charge is -2.26. The summed E-state index contributed by atoms with van der Waals surface area (Å²) in [7, 11) is -3.93. The lowest BCUT2D eigenvalue weighted by molar-refractivity contribution is -0.119. The number of fused-ring (bicyclic) bond motifs is 1. The predicted molar refractivity (Wildman–Crippen MR) is 110 cm³/mol. The van der Waals surface area contributed by atoms with Gasteiger partial charge in [0, 0.05) is 13.0 Å². The summed E-state index contributed by atoms with van der Waals surface area (Å²) < 4.78 is 40.2. The molecule has 1 aliphatic carbocycles. The van der Waals surface area contributed by atoms with Crippen LogP contribution in [0.15, 0.2) is 29.2 Å². The van der Waals surface area contributed by atoms with Crippen molar-refractivity contribution in [1.29, 1.82) is 0 Å². The van der Waals surface area contributed by atoms with Gasteiger partial charge < -0.3 is 5.32 Å². The summed E-state index contributed by atoms with van der Waals surface area (Å²) in [5, 5.41) is 3.01. The molecule has 1 amide bonds. The number of nitrogens with one attached hydrogen (secondary N) is 1. The fourth-order valence-corrected chi connectivity index (χ4v) is 6.57. The van der Waals surface area contributed by atoms with Gasteiger partial charge in [-0.3, -0.25) is 9.59 Å². The maximum Gasteiger partial charge on any atom is 0.244 e. The largest absolute Gasteiger partial charge is 0.301 e. The minimum absolute atomic E-state index is 0.0145. The fraction of sp³-hybridized carbons (Fsp3) is 0.450.